The maximum Gasteiger partial charge on any atom is 0.410 e. The fourth-order valence-corrected chi connectivity index (χ4v) is 1.74. The smallest absolute Gasteiger partial charge is 0.410 e. The monoisotopic (exact) mass is 258 g/mol. The van der Waals surface area contributed by atoms with Gasteiger partial charge in [0.1, 0.15) is 11.6 Å². The Bertz CT molecular complexity index is 325. The fourth-order valence-electron chi connectivity index (χ4n) is 1.74. The summed E-state index contributed by atoms with van der Waals surface area (Å²) >= 11 is 0. The number of piperazine rings is 1. The predicted molar refractivity (Wildman–Crippen MR) is 66.2 cm³/mol. The van der Waals surface area contributed by atoms with Crippen molar-refractivity contribution in [2.75, 3.05) is 20.2 Å². The van der Waals surface area contributed by atoms with Crippen LogP contribution in [0.5, 0.6) is 0 Å². The number of ether oxygens (including phenoxy) is 2. The highest BCUT2D eigenvalue weighted by Crippen LogP contribution is 2.14. The molecular formula is C12H22N2O4. The van der Waals surface area contributed by atoms with Gasteiger partial charge >= 0.3 is 12.1 Å². The Morgan fingerprint density at radius 1 is 1.33 bits per heavy atom. The summed E-state index contributed by atoms with van der Waals surface area (Å²) in [4.78, 5) is 25.0. The third kappa shape index (κ3) is 3.87. The number of amides is 1. The first-order chi connectivity index (χ1) is 8.24. The Balaban J connectivity index is 2.67. The van der Waals surface area contributed by atoms with E-state index in [-0.39, 0.29) is 18.6 Å². The van der Waals surface area contributed by atoms with Crippen molar-refractivity contribution >= 4 is 12.1 Å². The SMILES string of the molecule is COC(=O)[C@@H]1CN(C(=O)OC(C)(C)C)[C@@H](C)CN1. The van der Waals surface area contributed by atoms with E-state index in [1.807, 2.05) is 27.7 Å². The number of methoxy groups -OCH3 is 1. The average Bonchev–Trinajstić information content (AvgIpc) is 2.26. The van der Waals surface area contributed by atoms with Crippen LogP contribution in [0, 0.1) is 0 Å². The van der Waals surface area contributed by atoms with Crippen LogP contribution in [0.1, 0.15) is 27.7 Å². The zero-order chi connectivity index (χ0) is 13.9. The lowest BCUT2D eigenvalue weighted by Gasteiger charge is -2.38. The number of esters is 1. The number of rotatable bonds is 1. The summed E-state index contributed by atoms with van der Waals surface area (Å²) in [5.41, 5.74) is -0.539. The van der Waals surface area contributed by atoms with Crippen LogP contribution < -0.4 is 5.32 Å². The van der Waals surface area contributed by atoms with Crippen molar-refractivity contribution < 1.29 is 19.1 Å². The first-order valence-corrected chi connectivity index (χ1v) is 6.05. The highest BCUT2D eigenvalue weighted by atomic mass is 16.6. The zero-order valence-electron chi connectivity index (χ0n) is 11.6. The molecule has 1 N–H and O–H groups in total. The van der Waals surface area contributed by atoms with Crippen molar-refractivity contribution in [1.82, 2.24) is 10.2 Å². The summed E-state index contributed by atoms with van der Waals surface area (Å²) < 4.78 is 9.99. The topological polar surface area (TPSA) is 67.9 Å². The molecule has 0 spiro atoms. The molecule has 0 unspecified atom stereocenters. The molecule has 0 aromatic heterocycles. The van der Waals surface area contributed by atoms with Crippen molar-refractivity contribution in [2.24, 2.45) is 0 Å². The quantitative estimate of drug-likeness (QED) is 0.703. The zero-order valence-corrected chi connectivity index (χ0v) is 11.6. The molecule has 1 amide bonds. The molecule has 6 heteroatoms. The van der Waals surface area contributed by atoms with E-state index in [2.05, 4.69) is 10.1 Å². The minimum Gasteiger partial charge on any atom is -0.468 e. The number of nitrogens with one attached hydrogen (secondary N) is 1. The van der Waals surface area contributed by atoms with Gasteiger partial charge in [-0.2, -0.15) is 0 Å². The number of carbonyl (C=O) groups excluding carboxylic acids is 2. The van der Waals surface area contributed by atoms with Gasteiger partial charge < -0.3 is 19.7 Å². The molecule has 0 bridgehead atoms. The molecule has 0 aliphatic carbocycles. The molecule has 1 rings (SSSR count). The number of carbonyl (C=O) groups is 2. The summed E-state index contributed by atoms with van der Waals surface area (Å²) in [6.07, 6.45) is -0.398. The van der Waals surface area contributed by atoms with E-state index in [1.54, 1.807) is 4.90 Å². The van der Waals surface area contributed by atoms with E-state index in [0.29, 0.717) is 6.54 Å². The molecule has 1 fully saturated rings. The number of hydrogen-bond donors (Lipinski definition) is 1. The van der Waals surface area contributed by atoms with Crippen LogP contribution in [0.15, 0.2) is 0 Å². The largest absolute Gasteiger partial charge is 0.468 e. The second-order valence-electron chi connectivity index (χ2n) is 5.47. The third-order valence-corrected chi connectivity index (χ3v) is 2.68. The fraction of sp³-hybridized carbons (Fsp3) is 0.833. The summed E-state index contributed by atoms with van der Waals surface area (Å²) in [6, 6.07) is -0.500. The lowest BCUT2D eigenvalue weighted by molar-refractivity contribution is -0.144. The van der Waals surface area contributed by atoms with E-state index in [4.69, 9.17) is 4.74 Å². The standard InChI is InChI=1S/C12H22N2O4/c1-8-6-13-9(10(15)17-5)7-14(8)11(16)18-12(2,3)4/h8-9,13H,6-7H2,1-5H3/t8-,9-/m0/s1. The van der Waals surface area contributed by atoms with Gasteiger partial charge in [0.05, 0.1) is 13.7 Å². The van der Waals surface area contributed by atoms with Gasteiger partial charge in [0.25, 0.3) is 0 Å². The average molecular weight is 258 g/mol. The van der Waals surface area contributed by atoms with Gasteiger partial charge in [-0.25, -0.2) is 4.79 Å². The lowest BCUT2D eigenvalue weighted by Crippen LogP contribution is -2.60. The van der Waals surface area contributed by atoms with Crippen molar-refractivity contribution in [3.63, 3.8) is 0 Å². The Hall–Kier alpha value is -1.30. The normalized spacial score (nSPS) is 24.6. The molecule has 1 aliphatic heterocycles. The van der Waals surface area contributed by atoms with Crippen LogP contribution in [0.25, 0.3) is 0 Å². The number of nitrogens with zero attached hydrogens (tertiary/aromatic N) is 1. The highest BCUT2D eigenvalue weighted by molar-refractivity contribution is 5.77. The van der Waals surface area contributed by atoms with Crippen LogP contribution in [0.4, 0.5) is 4.79 Å². The summed E-state index contributed by atoms with van der Waals surface area (Å²) in [5, 5.41) is 3.04. The van der Waals surface area contributed by atoms with Crippen LogP contribution in [0.2, 0.25) is 0 Å². The highest BCUT2D eigenvalue weighted by Gasteiger charge is 2.34. The molecule has 1 saturated heterocycles. The molecule has 18 heavy (non-hydrogen) atoms. The van der Waals surface area contributed by atoms with Crippen molar-refractivity contribution in [2.45, 2.75) is 45.4 Å². The Morgan fingerprint density at radius 2 is 1.94 bits per heavy atom. The minimum atomic E-state index is -0.539. The molecule has 6 nitrogen and oxygen atoms in total. The second-order valence-corrected chi connectivity index (χ2v) is 5.47. The van der Waals surface area contributed by atoms with Crippen molar-refractivity contribution in [3.05, 3.63) is 0 Å². The van der Waals surface area contributed by atoms with Gasteiger partial charge in [0.2, 0.25) is 0 Å². The van der Waals surface area contributed by atoms with E-state index >= 15 is 0 Å². The molecule has 2 atom stereocenters. The third-order valence-electron chi connectivity index (χ3n) is 2.68. The van der Waals surface area contributed by atoms with E-state index in [9.17, 15) is 9.59 Å². The van der Waals surface area contributed by atoms with E-state index < -0.39 is 17.7 Å². The molecule has 0 radical (unpaired) electrons. The van der Waals surface area contributed by atoms with Gasteiger partial charge in [-0.1, -0.05) is 0 Å². The van der Waals surface area contributed by atoms with Crippen molar-refractivity contribution in [3.8, 4) is 0 Å². The molecule has 0 aromatic rings. The van der Waals surface area contributed by atoms with Gasteiger partial charge in [-0.05, 0) is 27.7 Å². The Kier molecular flexibility index (Phi) is 4.56. The summed E-state index contributed by atoms with van der Waals surface area (Å²) in [5.74, 6) is -0.365. The van der Waals surface area contributed by atoms with E-state index in [1.165, 1.54) is 7.11 Å². The summed E-state index contributed by atoms with van der Waals surface area (Å²) in [7, 11) is 1.33. The van der Waals surface area contributed by atoms with Crippen LogP contribution in [-0.2, 0) is 14.3 Å². The minimum absolute atomic E-state index is 0.0132. The van der Waals surface area contributed by atoms with Gasteiger partial charge in [-0.15, -0.1) is 0 Å². The van der Waals surface area contributed by atoms with Crippen LogP contribution >= 0.6 is 0 Å². The second kappa shape index (κ2) is 5.56. The molecule has 0 aromatic carbocycles. The first kappa shape index (κ1) is 14.8. The van der Waals surface area contributed by atoms with Crippen LogP contribution in [0.3, 0.4) is 0 Å². The maximum absolute atomic E-state index is 12.0. The lowest BCUT2D eigenvalue weighted by atomic mass is 10.1. The summed E-state index contributed by atoms with van der Waals surface area (Å²) in [6.45, 7) is 8.16. The first-order valence-electron chi connectivity index (χ1n) is 6.05. The Morgan fingerprint density at radius 3 is 2.44 bits per heavy atom. The number of hydrogen-bond acceptors (Lipinski definition) is 5. The van der Waals surface area contributed by atoms with E-state index in [0.717, 1.165) is 0 Å². The molecule has 1 heterocycles. The molecule has 0 saturated carbocycles. The molecular weight excluding hydrogens is 236 g/mol. The predicted octanol–water partition coefficient (Wildman–Crippen LogP) is 0.757. The van der Waals surface area contributed by atoms with Gasteiger partial charge in [0, 0.05) is 12.6 Å². The van der Waals surface area contributed by atoms with Gasteiger partial charge in [0.15, 0.2) is 0 Å². The molecule has 1 aliphatic rings. The van der Waals surface area contributed by atoms with Gasteiger partial charge in [-0.3, -0.25) is 4.79 Å². The van der Waals surface area contributed by atoms with Crippen LogP contribution in [-0.4, -0.2) is 54.8 Å². The molecule has 104 valence electrons. The maximum atomic E-state index is 12.0. The van der Waals surface area contributed by atoms with Crippen molar-refractivity contribution in [1.29, 1.82) is 0 Å². The Labute approximate surface area is 108 Å².